The van der Waals surface area contributed by atoms with Crippen molar-refractivity contribution in [2.45, 2.75) is 38.5 Å². The van der Waals surface area contributed by atoms with Gasteiger partial charge in [0.25, 0.3) is 5.91 Å². The average Bonchev–Trinajstić information content (AvgIpc) is 3.25. The molecule has 23 heavy (non-hydrogen) atoms. The molecule has 5 nitrogen and oxygen atoms in total. The van der Waals surface area contributed by atoms with Gasteiger partial charge in [0.05, 0.1) is 18.9 Å². The first kappa shape index (κ1) is 15.6. The van der Waals surface area contributed by atoms with E-state index in [1.807, 2.05) is 23.1 Å². The fourth-order valence-corrected chi connectivity index (χ4v) is 3.01. The Morgan fingerprint density at radius 1 is 1.43 bits per heavy atom. The minimum atomic E-state index is -0.584. The number of carbonyl (C=O) groups is 1. The summed E-state index contributed by atoms with van der Waals surface area (Å²) in [5.74, 6) is 1.37. The van der Waals surface area contributed by atoms with E-state index in [9.17, 15) is 9.90 Å². The Kier molecular flexibility index (Phi) is 4.67. The van der Waals surface area contributed by atoms with Crippen LogP contribution in [-0.4, -0.2) is 28.6 Å². The second kappa shape index (κ2) is 6.87. The third-order valence-corrected chi connectivity index (χ3v) is 4.15. The number of hydrogen-bond acceptors (Lipinski definition) is 4. The number of rotatable bonds is 5. The van der Waals surface area contributed by atoms with Crippen LogP contribution >= 0.6 is 0 Å². The molecule has 1 amide bonds. The number of amides is 1. The zero-order valence-electron chi connectivity index (χ0n) is 13.1. The Morgan fingerprint density at radius 3 is 3.04 bits per heavy atom. The monoisotopic (exact) mass is 315 g/mol. The molecule has 2 aromatic rings. The fraction of sp³-hybridized carbons (Fsp3) is 0.389. The third kappa shape index (κ3) is 3.40. The molecule has 0 radical (unpaired) electrons. The molecule has 0 saturated carbocycles. The van der Waals surface area contributed by atoms with Crippen molar-refractivity contribution in [2.75, 3.05) is 6.54 Å². The first-order chi connectivity index (χ1) is 11.2. The Morgan fingerprint density at radius 2 is 2.30 bits per heavy atom. The number of ether oxygens (including phenoxy) is 1. The summed E-state index contributed by atoms with van der Waals surface area (Å²) in [6.07, 6.45) is 2.92. The molecule has 1 aromatic heterocycles. The second-order valence-electron chi connectivity index (χ2n) is 5.77. The van der Waals surface area contributed by atoms with E-state index in [1.54, 1.807) is 31.4 Å². The van der Waals surface area contributed by atoms with Crippen molar-refractivity contribution in [1.82, 2.24) is 4.90 Å². The lowest BCUT2D eigenvalue weighted by Gasteiger charge is -2.26. The predicted octanol–water partition coefficient (Wildman–Crippen LogP) is 2.90. The molecule has 0 aliphatic carbocycles. The molecule has 1 N–H and O–H groups in total. The summed E-state index contributed by atoms with van der Waals surface area (Å²) >= 11 is 0. The van der Waals surface area contributed by atoms with E-state index in [-0.39, 0.29) is 18.6 Å². The molecule has 122 valence electrons. The van der Waals surface area contributed by atoms with Gasteiger partial charge < -0.3 is 19.2 Å². The van der Waals surface area contributed by atoms with Crippen molar-refractivity contribution in [3.05, 3.63) is 54.0 Å². The van der Waals surface area contributed by atoms with Crippen molar-refractivity contribution in [3.8, 4) is 5.75 Å². The summed E-state index contributed by atoms with van der Waals surface area (Å²) in [7, 11) is 0. The van der Waals surface area contributed by atoms with Gasteiger partial charge in [-0.15, -0.1) is 0 Å². The van der Waals surface area contributed by atoms with E-state index < -0.39 is 6.10 Å². The van der Waals surface area contributed by atoms with Crippen LogP contribution in [0.5, 0.6) is 5.75 Å². The largest absolute Gasteiger partial charge is 0.481 e. The number of aliphatic hydroxyl groups excluding tert-OH is 1. The smallest absolute Gasteiger partial charge is 0.263 e. The maximum Gasteiger partial charge on any atom is 0.263 e. The van der Waals surface area contributed by atoms with Crippen LogP contribution < -0.4 is 4.74 Å². The molecular formula is C18H21NO4. The highest BCUT2D eigenvalue weighted by molar-refractivity contribution is 5.81. The topological polar surface area (TPSA) is 62.9 Å². The van der Waals surface area contributed by atoms with Gasteiger partial charge in [0.2, 0.25) is 0 Å². The van der Waals surface area contributed by atoms with Gasteiger partial charge in [-0.25, -0.2) is 0 Å². The molecule has 3 rings (SSSR count). The Hall–Kier alpha value is -2.27. The lowest BCUT2D eigenvalue weighted by molar-refractivity contribution is -0.139. The lowest BCUT2D eigenvalue weighted by atomic mass is 10.1. The predicted molar refractivity (Wildman–Crippen MR) is 84.9 cm³/mol. The van der Waals surface area contributed by atoms with E-state index in [1.165, 1.54) is 0 Å². The molecule has 1 saturated heterocycles. The van der Waals surface area contributed by atoms with Gasteiger partial charge in [0.15, 0.2) is 6.10 Å². The molecule has 0 bridgehead atoms. The van der Waals surface area contributed by atoms with Crippen LogP contribution in [-0.2, 0) is 11.4 Å². The van der Waals surface area contributed by atoms with Crippen LogP contribution in [0.3, 0.4) is 0 Å². The summed E-state index contributed by atoms with van der Waals surface area (Å²) in [5, 5.41) is 9.18. The number of likely N-dealkylation sites (tertiary alicyclic amines) is 1. The number of aliphatic hydroxyl groups is 1. The molecule has 2 unspecified atom stereocenters. The molecular weight excluding hydrogens is 294 g/mol. The normalized spacial score (nSPS) is 18.9. The van der Waals surface area contributed by atoms with Gasteiger partial charge in [-0.2, -0.15) is 0 Å². The van der Waals surface area contributed by atoms with Crippen molar-refractivity contribution in [3.63, 3.8) is 0 Å². The molecule has 5 heteroatoms. The van der Waals surface area contributed by atoms with Crippen LogP contribution in [0.15, 0.2) is 47.1 Å². The second-order valence-corrected chi connectivity index (χ2v) is 5.77. The Labute approximate surface area is 135 Å². The summed E-state index contributed by atoms with van der Waals surface area (Å²) < 4.78 is 11.2. The zero-order valence-corrected chi connectivity index (χ0v) is 13.1. The van der Waals surface area contributed by atoms with Gasteiger partial charge in [-0.1, -0.05) is 12.1 Å². The van der Waals surface area contributed by atoms with Crippen molar-refractivity contribution in [1.29, 1.82) is 0 Å². The summed E-state index contributed by atoms with van der Waals surface area (Å²) in [6.45, 7) is 2.42. The minimum Gasteiger partial charge on any atom is -0.481 e. The maximum absolute atomic E-state index is 12.7. The van der Waals surface area contributed by atoms with Gasteiger partial charge in [-0.3, -0.25) is 4.79 Å². The van der Waals surface area contributed by atoms with Gasteiger partial charge >= 0.3 is 0 Å². The SMILES string of the molecule is CC(Oc1cccc(CO)c1)C(=O)N1CCCC1c1ccco1. The number of carbonyl (C=O) groups excluding carboxylic acids is 1. The Bertz CT molecular complexity index is 653. The molecule has 1 fully saturated rings. The van der Waals surface area contributed by atoms with E-state index in [4.69, 9.17) is 9.15 Å². The van der Waals surface area contributed by atoms with Crippen LogP contribution in [0.1, 0.15) is 37.1 Å². The van der Waals surface area contributed by atoms with Crippen molar-refractivity contribution >= 4 is 5.91 Å². The standard InChI is InChI=1S/C18H21NO4/c1-13(23-15-6-2-5-14(11-15)12-20)18(21)19-9-3-7-16(19)17-8-4-10-22-17/h2,4-6,8,10-11,13,16,20H,3,7,9,12H2,1H3. The van der Waals surface area contributed by atoms with Crippen LogP contribution in [0.4, 0.5) is 0 Å². The molecule has 1 aromatic carbocycles. The molecule has 0 spiro atoms. The first-order valence-corrected chi connectivity index (χ1v) is 7.89. The van der Waals surface area contributed by atoms with Crippen LogP contribution in [0, 0.1) is 0 Å². The summed E-state index contributed by atoms with van der Waals surface area (Å²) in [6, 6.07) is 10.9. The van der Waals surface area contributed by atoms with E-state index in [0.29, 0.717) is 12.3 Å². The summed E-state index contributed by atoms with van der Waals surface area (Å²) in [4.78, 5) is 14.6. The minimum absolute atomic E-state index is 0.00711. The van der Waals surface area contributed by atoms with Gasteiger partial charge in [0, 0.05) is 6.54 Å². The number of hydrogen-bond donors (Lipinski definition) is 1. The number of nitrogens with zero attached hydrogens (tertiary/aromatic N) is 1. The first-order valence-electron chi connectivity index (χ1n) is 7.89. The number of furan rings is 1. The van der Waals surface area contributed by atoms with Gasteiger partial charge in [-0.05, 0) is 49.6 Å². The van der Waals surface area contributed by atoms with Crippen LogP contribution in [0.2, 0.25) is 0 Å². The van der Waals surface area contributed by atoms with E-state index in [2.05, 4.69) is 0 Å². The summed E-state index contributed by atoms with van der Waals surface area (Å²) in [5.41, 5.74) is 0.761. The van der Waals surface area contributed by atoms with Crippen molar-refractivity contribution in [2.24, 2.45) is 0 Å². The average molecular weight is 315 g/mol. The molecule has 1 aliphatic heterocycles. The van der Waals surface area contributed by atoms with E-state index >= 15 is 0 Å². The molecule has 1 aliphatic rings. The maximum atomic E-state index is 12.7. The van der Waals surface area contributed by atoms with E-state index in [0.717, 1.165) is 24.2 Å². The quantitative estimate of drug-likeness (QED) is 0.921. The lowest BCUT2D eigenvalue weighted by Crippen LogP contribution is -2.40. The Balaban J connectivity index is 1.69. The van der Waals surface area contributed by atoms with Crippen molar-refractivity contribution < 1.29 is 19.1 Å². The highest BCUT2D eigenvalue weighted by Crippen LogP contribution is 2.33. The highest BCUT2D eigenvalue weighted by Gasteiger charge is 2.34. The molecule has 2 atom stereocenters. The van der Waals surface area contributed by atoms with Gasteiger partial charge in [0.1, 0.15) is 11.5 Å². The third-order valence-electron chi connectivity index (χ3n) is 4.15. The molecule has 2 heterocycles. The zero-order chi connectivity index (χ0) is 16.2. The fourth-order valence-electron chi connectivity index (χ4n) is 3.01. The number of benzene rings is 1. The van der Waals surface area contributed by atoms with Crippen LogP contribution in [0.25, 0.3) is 0 Å². The highest BCUT2D eigenvalue weighted by atomic mass is 16.5.